The first-order valence-electron chi connectivity index (χ1n) is 8.23. The van der Waals surface area contributed by atoms with Gasteiger partial charge in [-0.25, -0.2) is 0 Å². The second kappa shape index (κ2) is 7.63. The predicted molar refractivity (Wildman–Crippen MR) is 95.8 cm³/mol. The maximum absolute atomic E-state index is 12.5. The Kier molecular flexibility index (Phi) is 5.41. The Morgan fingerprint density at radius 1 is 1.11 bits per heavy atom. The highest BCUT2D eigenvalue weighted by atomic mass is 32.1. The summed E-state index contributed by atoms with van der Waals surface area (Å²) in [7, 11) is 1.46. The minimum Gasteiger partial charge on any atom is -0.406 e. The second-order valence-corrected chi connectivity index (χ2v) is 7.13. The lowest BCUT2D eigenvalue weighted by Crippen LogP contribution is -2.23. The number of thiophene rings is 1. The van der Waals surface area contributed by atoms with Crippen LogP contribution in [-0.4, -0.2) is 31.0 Å². The molecule has 0 saturated carbocycles. The number of anilines is 1. The van der Waals surface area contributed by atoms with E-state index in [4.69, 9.17) is 0 Å². The number of halogens is 3. The molecule has 3 rings (SSSR count). The van der Waals surface area contributed by atoms with Crippen LogP contribution in [-0.2, 0) is 17.6 Å². The lowest BCUT2D eigenvalue weighted by atomic mass is 9.94. The van der Waals surface area contributed by atoms with Crippen LogP contribution in [0.15, 0.2) is 24.3 Å². The minimum atomic E-state index is -4.82. The molecule has 0 unspecified atom stereocenters. The average molecular weight is 412 g/mol. The van der Waals surface area contributed by atoms with Crippen LogP contribution in [0.1, 0.15) is 37.6 Å². The number of alkyl halides is 3. The Balaban J connectivity index is 1.84. The number of amides is 2. The summed E-state index contributed by atoms with van der Waals surface area (Å²) in [4.78, 5) is 37.2. The number of fused-ring (bicyclic) bond motifs is 1. The minimum absolute atomic E-state index is 0.0651. The van der Waals surface area contributed by atoms with Gasteiger partial charge >= 0.3 is 6.36 Å². The van der Waals surface area contributed by atoms with Crippen molar-refractivity contribution in [3.63, 3.8) is 0 Å². The Labute approximate surface area is 161 Å². The summed E-state index contributed by atoms with van der Waals surface area (Å²) < 4.78 is 40.4. The fourth-order valence-corrected chi connectivity index (χ4v) is 4.16. The van der Waals surface area contributed by atoms with Gasteiger partial charge in [0.15, 0.2) is 0 Å². The smallest absolute Gasteiger partial charge is 0.406 e. The largest absolute Gasteiger partial charge is 0.573 e. The number of ether oxygens (including phenoxy) is 1. The van der Waals surface area contributed by atoms with Crippen LogP contribution < -0.4 is 15.4 Å². The second-order valence-electron chi connectivity index (χ2n) is 6.03. The third-order valence-corrected chi connectivity index (χ3v) is 5.28. The van der Waals surface area contributed by atoms with Crippen molar-refractivity contribution in [1.29, 1.82) is 0 Å². The molecule has 0 bridgehead atoms. The highest BCUT2D eigenvalue weighted by Gasteiger charge is 2.31. The summed E-state index contributed by atoms with van der Waals surface area (Å²) in [6.07, 6.45) is -3.85. The van der Waals surface area contributed by atoms with Crippen molar-refractivity contribution in [2.75, 3.05) is 12.4 Å². The van der Waals surface area contributed by atoms with Gasteiger partial charge in [-0.1, -0.05) is 0 Å². The van der Waals surface area contributed by atoms with Crippen molar-refractivity contribution >= 4 is 33.9 Å². The molecule has 0 saturated heterocycles. The van der Waals surface area contributed by atoms with E-state index in [2.05, 4.69) is 15.4 Å². The van der Waals surface area contributed by atoms with Crippen LogP contribution in [0, 0.1) is 0 Å². The van der Waals surface area contributed by atoms with Gasteiger partial charge < -0.3 is 15.4 Å². The van der Waals surface area contributed by atoms with Gasteiger partial charge in [0, 0.05) is 30.3 Å². The monoisotopic (exact) mass is 412 g/mol. The number of hydrogen-bond donors (Lipinski definition) is 2. The molecule has 0 atom stereocenters. The van der Waals surface area contributed by atoms with Crippen LogP contribution in [0.5, 0.6) is 5.75 Å². The lowest BCUT2D eigenvalue weighted by Gasteiger charge is -2.12. The zero-order valence-corrected chi connectivity index (χ0v) is 15.4. The van der Waals surface area contributed by atoms with Crippen molar-refractivity contribution < 1.29 is 32.3 Å². The van der Waals surface area contributed by atoms with E-state index in [1.807, 2.05) is 0 Å². The Bertz CT molecular complexity index is 936. The van der Waals surface area contributed by atoms with E-state index in [1.54, 1.807) is 0 Å². The van der Waals surface area contributed by atoms with Crippen molar-refractivity contribution in [1.82, 2.24) is 5.32 Å². The molecule has 6 nitrogen and oxygen atoms in total. The van der Waals surface area contributed by atoms with Crippen molar-refractivity contribution in [2.45, 2.75) is 25.6 Å². The van der Waals surface area contributed by atoms with Crippen molar-refractivity contribution in [3.8, 4) is 5.75 Å². The van der Waals surface area contributed by atoms with Crippen LogP contribution in [0.4, 0.5) is 18.2 Å². The van der Waals surface area contributed by atoms with E-state index in [0.717, 1.165) is 33.9 Å². The fourth-order valence-electron chi connectivity index (χ4n) is 2.89. The van der Waals surface area contributed by atoms with Gasteiger partial charge in [-0.3, -0.25) is 14.4 Å². The normalized spacial score (nSPS) is 13.6. The molecule has 148 valence electrons. The Morgan fingerprint density at radius 3 is 2.39 bits per heavy atom. The molecule has 1 aromatic carbocycles. The van der Waals surface area contributed by atoms with Crippen molar-refractivity contribution in [3.05, 3.63) is 45.8 Å². The summed E-state index contributed by atoms with van der Waals surface area (Å²) in [5.41, 5.74) is 1.16. The first-order chi connectivity index (χ1) is 13.2. The third-order valence-electron chi connectivity index (χ3n) is 4.13. The van der Waals surface area contributed by atoms with Crippen LogP contribution >= 0.6 is 11.3 Å². The predicted octanol–water partition coefficient (Wildman–Crippen LogP) is 3.32. The van der Waals surface area contributed by atoms with Crippen LogP contribution in [0.25, 0.3) is 0 Å². The molecule has 0 aliphatic heterocycles. The summed E-state index contributed by atoms with van der Waals surface area (Å²) in [5.74, 6) is -1.35. The summed E-state index contributed by atoms with van der Waals surface area (Å²) in [6.45, 7) is 0. The number of hydrogen-bond acceptors (Lipinski definition) is 5. The molecule has 1 aliphatic rings. The number of ketones is 1. The quantitative estimate of drug-likeness (QED) is 0.807. The maximum Gasteiger partial charge on any atom is 0.573 e. The highest BCUT2D eigenvalue weighted by Crippen LogP contribution is 2.37. The topological polar surface area (TPSA) is 84.5 Å². The number of carbonyl (C=O) groups is 3. The van der Waals surface area contributed by atoms with Gasteiger partial charge in [-0.05, 0) is 36.2 Å². The summed E-state index contributed by atoms with van der Waals surface area (Å²) in [6, 6.07) is 4.43. The van der Waals surface area contributed by atoms with E-state index in [0.29, 0.717) is 23.4 Å². The highest BCUT2D eigenvalue weighted by molar-refractivity contribution is 7.17. The standard InChI is InChI=1S/C18H15F3N2O4S/c1-22-16(26)14-12-7-4-10(24)8-13(12)28-17(14)23-15(25)9-2-5-11(6-3-9)27-18(19,20)21/h2-3,5-6H,4,7-8H2,1H3,(H,22,26)(H,23,25). The number of benzene rings is 1. The fraction of sp³-hybridized carbons (Fsp3) is 0.278. The molecule has 1 aromatic heterocycles. The van der Waals surface area contributed by atoms with Crippen LogP contribution in [0.3, 0.4) is 0 Å². The summed E-state index contributed by atoms with van der Waals surface area (Å²) in [5, 5.41) is 5.45. The molecular weight excluding hydrogens is 397 g/mol. The van der Waals surface area contributed by atoms with E-state index in [9.17, 15) is 27.6 Å². The zero-order valence-electron chi connectivity index (χ0n) is 14.6. The molecule has 0 fully saturated rings. The SMILES string of the molecule is CNC(=O)c1c(NC(=O)c2ccc(OC(F)(F)F)cc2)sc2c1CCC(=O)C2. The molecule has 0 radical (unpaired) electrons. The third kappa shape index (κ3) is 4.33. The lowest BCUT2D eigenvalue weighted by molar-refractivity contribution is -0.274. The molecule has 2 amide bonds. The van der Waals surface area contributed by atoms with Gasteiger partial charge in [-0.2, -0.15) is 0 Å². The zero-order chi connectivity index (χ0) is 20.5. The number of rotatable bonds is 4. The van der Waals surface area contributed by atoms with E-state index >= 15 is 0 Å². The summed E-state index contributed by atoms with van der Waals surface area (Å²) >= 11 is 1.16. The molecule has 1 aliphatic carbocycles. The molecule has 2 aromatic rings. The van der Waals surface area contributed by atoms with E-state index in [-0.39, 0.29) is 23.7 Å². The van der Waals surface area contributed by atoms with Gasteiger partial charge in [0.1, 0.15) is 16.5 Å². The van der Waals surface area contributed by atoms with Gasteiger partial charge in [-0.15, -0.1) is 24.5 Å². The van der Waals surface area contributed by atoms with E-state index in [1.165, 1.54) is 19.2 Å². The first kappa shape index (κ1) is 19.9. The van der Waals surface area contributed by atoms with Gasteiger partial charge in [0.25, 0.3) is 11.8 Å². The van der Waals surface area contributed by atoms with Gasteiger partial charge in [0.05, 0.1) is 5.56 Å². The first-order valence-corrected chi connectivity index (χ1v) is 9.05. The molecule has 1 heterocycles. The van der Waals surface area contributed by atoms with E-state index < -0.39 is 18.0 Å². The molecule has 10 heteroatoms. The molecule has 28 heavy (non-hydrogen) atoms. The maximum atomic E-state index is 12.5. The number of Topliss-reactive ketones (excluding diaryl/α,β-unsaturated/α-hetero) is 1. The molecular formula is C18H15F3N2O4S. The van der Waals surface area contributed by atoms with Crippen molar-refractivity contribution in [2.24, 2.45) is 0 Å². The number of carbonyl (C=O) groups excluding carboxylic acids is 3. The van der Waals surface area contributed by atoms with Crippen LogP contribution in [0.2, 0.25) is 0 Å². The van der Waals surface area contributed by atoms with Gasteiger partial charge in [0.2, 0.25) is 0 Å². The Hall–Kier alpha value is -2.88. The number of nitrogens with one attached hydrogen (secondary N) is 2. The molecule has 2 N–H and O–H groups in total. The average Bonchev–Trinajstić information content (AvgIpc) is 2.97. The Morgan fingerprint density at radius 2 is 1.79 bits per heavy atom. The molecule has 0 spiro atoms.